The van der Waals surface area contributed by atoms with Gasteiger partial charge in [-0.25, -0.2) is 4.79 Å². The first-order chi connectivity index (χ1) is 8.58. The van der Waals surface area contributed by atoms with Crippen molar-refractivity contribution >= 4 is 23.0 Å². The van der Waals surface area contributed by atoms with Crippen LogP contribution in [0.25, 0.3) is 0 Å². The van der Waals surface area contributed by atoms with Crippen LogP contribution >= 0.6 is 23.0 Å². The van der Waals surface area contributed by atoms with Gasteiger partial charge in [-0.1, -0.05) is 0 Å². The third-order valence-corrected chi connectivity index (χ3v) is 3.31. The highest BCUT2D eigenvalue weighted by molar-refractivity contribution is 14.1. The zero-order valence-corrected chi connectivity index (χ0v) is 11.2. The van der Waals surface area contributed by atoms with Crippen LogP contribution in [0.1, 0.15) is 6.23 Å². The molecule has 1 aromatic rings. The quantitative estimate of drug-likeness (QED) is 0.560. The molecule has 0 bridgehead atoms. The van der Waals surface area contributed by atoms with Crippen LogP contribution < -0.4 is 11.2 Å². The van der Waals surface area contributed by atoms with E-state index in [4.69, 9.17) is 12.9 Å². The highest BCUT2D eigenvalue weighted by Crippen LogP contribution is 2.31. The average Bonchev–Trinajstić information content (AvgIpc) is 2.65. The van der Waals surface area contributed by atoms with E-state index in [0.717, 1.165) is 10.6 Å². The first-order valence-electron chi connectivity index (χ1n) is 5.11. The zero-order chi connectivity index (χ0) is 13.3. The van der Waals surface area contributed by atoms with Gasteiger partial charge >= 0.3 is 5.69 Å². The van der Waals surface area contributed by atoms with Crippen molar-refractivity contribution in [1.29, 1.82) is 0 Å². The largest absolute Gasteiger partial charge is 0.394 e. The Morgan fingerprint density at radius 3 is 2.83 bits per heavy atom. The summed E-state index contributed by atoms with van der Waals surface area (Å²) in [6, 6.07) is 1.16. The van der Waals surface area contributed by atoms with Crippen LogP contribution in [-0.2, 0) is 7.80 Å². The summed E-state index contributed by atoms with van der Waals surface area (Å²) in [5, 5.41) is 18.9. The SMILES string of the molecule is O=c1ccn([C@H]2O[C@@H](CO)C(O)C2OI)c(=O)[nH]1. The van der Waals surface area contributed by atoms with Gasteiger partial charge in [0.1, 0.15) is 41.3 Å². The molecule has 0 radical (unpaired) electrons. The van der Waals surface area contributed by atoms with Gasteiger partial charge in [0.2, 0.25) is 0 Å². The molecule has 0 amide bonds. The smallest absolute Gasteiger partial charge is 0.330 e. The molecule has 0 aromatic carbocycles. The number of hydrogen-bond donors (Lipinski definition) is 3. The van der Waals surface area contributed by atoms with Crippen LogP contribution in [0.5, 0.6) is 0 Å². The van der Waals surface area contributed by atoms with Gasteiger partial charge in [-0.05, 0) is 0 Å². The number of hydrogen-bond acceptors (Lipinski definition) is 6. The summed E-state index contributed by atoms with van der Waals surface area (Å²) in [6.45, 7) is -0.397. The van der Waals surface area contributed by atoms with Crippen LogP contribution in [0.4, 0.5) is 0 Å². The molecule has 2 unspecified atom stereocenters. The van der Waals surface area contributed by atoms with Crippen molar-refractivity contribution < 1.29 is 18.0 Å². The number of halogens is 1. The van der Waals surface area contributed by atoms with Crippen LogP contribution in [0.15, 0.2) is 21.9 Å². The lowest BCUT2D eigenvalue weighted by atomic mass is 10.1. The molecule has 0 spiro atoms. The van der Waals surface area contributed by atoms with Gasteiger partial charge < -0.3 is 18.0 Å². The fraction of sp³-hybridized carbons (Fsp3) is 0.556. The second-order valence-electron chi connectivity index (χ2n) is 3.81. The topological polar surface area (TPSA) is 114 Å². The summed E-state index contributed by atoms with van der Waals surface area (Å²) < 4.78 is 11.5. The Bertz CT molecular complexity index is 528. The number of nitrogens with one attached hydrogen (secondary N) is 1. The van der Waals surface area contributed by atoms with E-state index in [0.29, 0.717) is 0 Å². The summed E-state index contributed by atoms with van der Waals surface area (Å²) in [4.78, 5) is 24.7. The van der Waals surface area contributed by atoms with Crippen molar-refractivity contribution in [3.63, 3.8) is 0 Å². The Morgan fingerprint density at radius 2 is 2.28 bits per heavy atom. The Hall–Kier alpha value is -0.750. The van der Waals surface area contributed by atoms with Crippen molar-refractivity contribution in [1.82, 2.24) is 9.55 Å². The average molecular weight is 370 g/mol. The number of rotatable bonds is 3. The fourth-order valence-corrected chi connectivity index (χ4v) is 2.37. The van der Waals surface area contributed by atoms with Gasteiger partial charge in [0, 0.05) is 12.3 Å². The van der Waals surface area contributed by atoms with E-state index in [1.54, 1.807) is 23.0 Å². The van der Waals surface area contributed by atoms with Crippen molar-refractivity contribution in [2.75, 3.05) is 6.61 Å². The third kappa shape index (κ3) is 2.36. The second-order valence-corrected chi connectivity index (χ2v) is 4.32. The van der Waals surface area contributed by atoms with Crippen LogP contribution in [0, 0.1) is 0 Å². The minimum Gasteiger partial charge on any atom is -0.394 e. The van der Waals surface area contributed by atoms with E-state index >= 15 is 0 Å². The van der Waals surface area contributed by atoms with E-state index in [1.807, 2.05) is 0 Å². The lowest BCUT2D eigenvalue weighted by Crippen LogP contribution is -2.37. The van der Waals surface area contributed by atoms with Gasteiger partial charge in [0.05, 0.1) is 6.61 Å². The van der Waals surface area contributed by atoms with Gasteiger partial charge in [-0.15, -0.1) is 0 Å². The van der Waals surface area contributed by atoms with Crippen LogP contribution in [0.3, 0.4) is 0 Å². The van der Waals surface area contributed by atoms with Crippen molar-refractivity contribution in [3.8, 4) is 0 Å². The van der Waals surface area contributed by atoms with Crippen LogP contribution in [-0.4, -0.2) is 44.7 Å². The summed E-state index contributed by atoms with van der Waals surface area (Å²) in [5.74, 6) is 0. The fourth-order valence-electron chi connectivity index (χ4n) is 1.82. The molecule has 4 atom stereocenters. The number of H-pyrrole nitrogens is 1. The Balaban J connectivity index is 2.38. The number of aromatic nitrogens is 2. The Kier molecular flexibility index (Phi) is 4.17. The first kappa shape index (κ1) is 13.7. The molecule has 0 aliphatic carbocycles. The van der Waals surface area contributed by atoms with E-state index in [9.17, 15) is 14.7 Å². The number of aromatic amines is 1. The molecule has 3 N–H and O–H groups in total. The summed E-state index contributed by atoms with van der Waals surface area (Å²) in [7, 11) is 0. The van der Waals surface area contributed by atoms with Gasteiger partial charge in [0.15, 0.2) is 6.23 Å². The second kappa shape index (κ2) is 5.48. The molecule has 1 aromatic heterocycles. The summed E-state index contributed by atoms with van der Waals surface area (Å²) in [5.41, 5.74) is -1.20. The van der Waals surface area contributed by atoms with Gasteiger partial charge in [-0.3, -0.25) is 14.3 Å². The number of ether oxygens (including phenoxy) is 1. The lowest BCUT2D eigenvalue weighted by molar-refractivity contribution is -0.0501. The molecule has 18 heavy (non-hydrogen) atoms. The molecule has 1 saturated heterocycles. The molecule has 9 heteroatoms. The standard InChI is InChI=1S/C9H11IN2O6/c10-18-7-6(15)4(3-13)17-8(7)12-2-1-5(14)11-9(12)16/h1-2,4,6-8,13,15H,3H2,(H,11,14,16)/t4-,6?,7?,8-/m0/s1. The molecule has 100 valence electrons. The minimum absolute atomic E-state index is 0.397. The molecular formula is C9H11IN2O6. The van der Waals surface area contributed by atoms with E-state index < -0.39 is 42.4 Å². The Labute approximate surface area is 115 Å². The maximum Gasteiger partial charge on any atom is 0.330 e. The summed E-state index contributed by atoms with van der Waals surface area (Å²) in [6.07, 6.45) is -2.37. The lowest BCUT2D eigenvalue weighted by Gasteiger charge is -2.18. The van der Waals surface area contributed by atoms with Gasteiger partial charge in [0.25, 0.3) is 5.56 Å². The van der Waals surface area contributed by atoms with Crippen molar-refractivity contribution in [2.24, 2.45) is 0 Å². The number of aliphatic hydroxyl groups is 2. The number of aliphatic hydroxyl groups excluding tert-OH is 2. The number of nitrogens with zero attached hydrogens (tertiary/aromatic N) is 1. The molecule has 2 heterocycles. The van der Waals surface area contributed by atoms with Crippen molar-refractivity contribution in [2.45, 2.75) is 24.5 Å². The molecule has 1 aliphatic heterocycles. The molecule has 1 aliphatic rings. The third-order valence-electron chi connectivity index (χ3n) is 2.72. The molecule has 1 fully saturated rings. The monoisotopic (exact) mass is 370 g/mol. The normalized spacial score (nSPS) is 31.7. The zero-order valence-electron chi connectivity index (χ0n) is 9.02. The molecule has 8 nitrogen and oxygen atoms in total. The van der Waals surface area contributed by atoms with E-state index in [2.05, 4.69) is 4.98 Å². The molecular weight excluding hydrogens is 359 g/mol. The summed E-state index contributed by atoms with van der Waals surface area (Å²) >= 11 is 1.58. The molecule has 0 saturated carbocycles. The highest BCUT2D eigenvalue weighted by Gasteiger charge is 2.45. The maximum absolute atomic E-state index is 11.6. The highest BCUT2D eigenvalue weighted by atomic mass is 127. The van der Waals surface area contributed by atoms with E-state index in [1.165, 1.54) is 6.20 Å². The predicted octanol–water partition coefficient (Wildman–Crippen LogP) is -1.48. The molecule has 2 rings (SSSR count). The minimum atomic E-state index is -1.06. The van der Waals surface area contributed by atoms with Crippen LogP contribution in [0.2, 0.25) is 0 Å². The first-order valence-corrected chi connectivity index (χ1v) is 6.00. The Morgan fingerprint density at radius 1 is 1.56 bits per heavy atom. The predicted molar refractivity (Wildman–Crippen MR) is 67.2 cm³/mol. The van der Waals surface area contributed by atoms with E-state index in [-0.39, 0.29) is 0 Å². The van der Waals surface area contributed by atoms with Crippen molar-refractivity contribution in [3.05, 3.63) is 33.1 Å². The maximum atomic E-state index is 11.6. The van der Waals surface area contributed by atoms with Gasteiger partial charge in [-0.2, -0.15) is 0 Å².